The quantitative estimate of drug-likeness (QED) is 0.269. The summed E-state index contributed by atoms with van der Waals surface area (Å²) >= 11 is 0. The Hall–Kier alpha value is -0.690. The monoisotopic (exact) mass is 406 g/mol. The van der Waals surface area contributed by atoms with Crippen molar-refractivity contribution in [3.05, 3.63) is 0 Å². The van der Waals surface area contributed by atoms with Crippen molar-refractivity contribution in [2.24, 2.45) is 11.3 Å². The standard InChI is InChI=1S/C12H24O3.C10H22O3/c1-9(2)11(14)15-10(13)7-6-8-12(3,4)5;1-4-5-6-12-10(3)8-13-9(2)7-11/h9-10,13H,6-8H2,1-5H3;9-11H,4-8H2,1-3H3. The average molecular weight is 407 g/mol. The summed E-state index contributed by atoms with van der Waals surface area (Å²) in [5.74, 6) is -0.513. The number of unbranched alkanes of at least 4 members (excludes halogenated alkanes) is 1. The maximum atomic E-state index is 11.1. The first-order valence-electron chi connectivity index (χ1n) is 10.7. The Morgan fingerprint density at radius 2 is 1.61 bits per heavy atom. The third-order valence-corrected chi connectivity index (χ3v) is 3.87. The fraction of sp³-hybridized carbons (Fsp3) is 0.955. The van der Waals surface area contributed by atoms with Gasteiger partial charge in [0.05, 0.1) is 31.3 Å². The van der Waals surface area contributed by atoms with E-state index >= 15 is 0 Å². The number of aliphatic hydroxyl groups excluding tert-OH is 2. The van der Waals surface area contributed by atoms with E-state index in [-0.39, 0.29) is 36.1 Å². The van der Waals surface area contributed by atoms with E-state index in [0.29, 0.717) is 13.0 Å². The van der Waals surface area contributed by atoms with Gasteiger partial charge in [0.2, 0.25) is 6.29 Å². The minimum atomic E-state index is -0.942. The van der Waals surface area contributed by atoms with Crippen LogP contribution in [0.25, 0.3) is 0 Å². The molecule has 170 valence electrons. The first-order valence-corrected chi connectivity index (χ1v) is 10.7. The second-order valence-electron chi connectivity index (χ2n) is 8.86. The van der Waals surface area contributed by atoms with E-state index in [2.05, 4.69) is 27.7 Å². The Morgan fingerprint density at radius 1 is 1.00 bits per heavy atom. The molecule has 0 spiro atoms. The Morgan fingerprint density at radius 3 is 2.07 bits per heavy atom. The Labute approximate surface area is 172 Å². The van der Waals surface area contributed by atoms with Gasteiger partial charge in [-0.3, -0.25) is 4.79 Å². The van der Waals surface area contributed by atoms with Crippen LogP contribution in [0.2, 0.25) is 0 Å². The smallest absolute Gasteiger partial charge is 0.310 e. The molecule has 0 aliphatic rings. The third kappa shape index (κ3) is 21.6. The summed E-state index contributed by atoms with van der Waals surface area (Å²) in [6.07, 6.45) is 3.76. The predicted octanol–water partition coefficient (Wildman–Crippen LogP) is 4.31. The highest BCUT2D eigenvalue weighted by atomic mass is 16.6. The maximum Gasteiger partial charge on any atom is 0.310 e. The fourth-order valence-corrected chi connectivity index (χ4v) is 1.97. The molecule has 28 heavy (non-hydrogen) atoms. The summed E-state index contributed by atoms with van der Waals surface area (Å²) < 4.78 is 15.6. The first kappa shape index (κ1) is 29.5. The first-order chi connectivity index (χ1) is 12.9. The molecule has 6 nitrogen and oxygen atoms in total. The molecule has 0 saturated carbocycles. The summed E-state index contributed by atoms with van der Waals surface area (Å²) in [4.78, 5) is 11.1. The third-order valence-electron chi connectivity index (χ3n) is 3.87. The molecule has 0 aromatic carbocycles. The van der Waals surface area contributed by atoms with Crippen LogP contribution in [0.1, 0.15) is 87.5 Å². The van der Waals surface area contributed by atoms with Crippen molar-refractivity contribution in [1.82, 2.24) is 0 Å². The molecular formula is C22H46O6. The molecule has 0 amide bonds. The van der Waals surface area contributed by atoms with Gasteiger partial charge in [-0.2, -0.15) is 0 Å². The van der Waals surface area contributed by atoms with Gasteiger partial charge in [0.1, 0.15) is 0 Å². The van der Waals surface area contributed by atoms with E-state index in [1.165, 1.54) is 0 Å². The Balaban J connectivity index is 0. The van der Waals surface area contributed by atoms with Crippen molar-refractivity contribution in [1.29, 1.82) is 0 Å². The number of carbonyl (C=O) groups excluding carboxylic acids is 1. The van der Waals surface area contributed by atoms with E-state index < -0.39 is 6.29 Å². The summed E-state index contributed by atoms with van der Waals surface area (Å²) in [6, 6.07) is 0. The molecule has 0 aliphatic heterocycles. The SMILES string of the molecule is CC(C)C(=O)OC(O)CCCC(C)(C)C.CCCCOC(C)COC(C)CO. The highest BCUT2D eigenvalue weighted by molar-refractivity contribution is 5.71. The molecule has 0 heterocycles. The van der Waals surface area contributed by atoms with Gasteiger partial charge in [-0.1, -0.05) is 48.0 Å². The van der Waals surface area contributed by atoms with Crippen LogP contribution in [-0.2, 0) is 19.0 Å². The number of aliphatic hydroxyl groups is 2. The van der Waals surface area contributed by atoms with Gasteiger partial charge in [-0.25, -0.2) is 0 Å². The molecule has 0 bridgehead atoms. The van der Waals surface area contributed by atoms with Crippen molar-refractivity contribution >= 4 is 5.97 Å². The molecule has 0 aromatic rings. The van der Waals surface area contributed by atoms with Crippen molar-refractivity contribution < 1.29 is 29.2 Å². The van der Waals surface area contributed by atoms with E-state index in [1.807, 2.05) is 13.8 Å². The summed E-state index contributed by atoms with van der Waals surface area (Å²) in [5, 5.41) is 18.1. The lowest BCUT2D eigenvalue weighted by molar-refractivity contribution is -0.172. The second-order valence-corrected chi connectivity index (χ2v) is 8.86. The Bertz CT molecular complexity index is 365. The maximum absolute atomic E-state index is 11.1. The highest BCUT2D eigenvalue weighted by Gasteiger charge is 2.16. The molecule has 3 atom stereocenters. The normalized spacial score (nSPS) is 14.8. The molecule has 0 aromatic heterocycles. The van der Waals surface area contributed by atoms with Crippen LogP contribution in [0.4, 0.5) is 0 Å². The summed E-state index contributed by atoms with van der Waals surface area (Å²) in [5.41, 5.74) is 0.266. The number of rotatable bonds is 13. The van der Waals surface area contributed by atoms with Crippen LogP contribution in [0.3, 0.4) is 0 Å². The van der Waals surface area contributed by atoms with Crippen LogP contribution in [0, 0.1) is 11.3 Å². The number of hydrogen-bond acceptors (Lipinski definition) is 6. The van der Waals surface area contributed by atoms with Crippen molar-refractivity contribution in [2.75, 3.05) is 19.8 Å². The largest absolute Gasteiger partial charge is 0.436 e. The van der Waals surface area contributed by atoms with Crippen molar-refractivity contribution in [3.8, 4) is 0 Å². The molecule has 0 rings (SSSR count). The zero-order valence-electron chi connectivity index (χ0n) is 19.5. The Kier molecular flexibility index (Phi) is 18.1. The zero-order valence-corrected chi connectivity index (χ0v) is 19.5. The number of carbonyl (C=O) groups is 1. The van der Waals surface area contributed by atoms with Crippen molar-refractivity contribution in [2.45, 2.75) is 106 Å². The summed E-state index contributed by atoms with van der Waals surface area (Å²) in [6.45, 7) is 17.4. The highest BCUT2D eigenvalue weighted by Crippen LogP contribution is 2.22. The van der Waals surface area contributed by atoms with Gasteiger partial charge in [-0.15, -0.1) is 0 Å². The number of hydrogen-bond donors (Lipinski definition) is 2. The second kappa shape index (κ2) is 17.2. The van der Waals surface area contributed by atoms with Crippen LogP contribution >= 0.6 is 0 Å². The number of ether oxygens (including phenoxy) is 3. The van der Waals surface area contributed by atoms with Gasteiger partial charge in [-0.05, 0) is 38.5 Å². The minimum Gasteiger partial charge on any atom is -0.436 e. The molecule has 0 radical (unpaired) electrons. The van der Waals surface area contributed by atoms with Crippen LogP contribution in [0.15, 0.2) is 0 Å². The predicted molar refractivity (Wildman–Crippen MR) is 113 cm³/mol. The van der Waals surface area contributed by atoms with Crippen molar-refractivity contribution in [3.63, 3.8) is 0 Å². The fourth-order valence-electron chi connectivity index (χ4n) is 1.97. The lowest BCUT2D eigenvalue weighted by Crippen LogP contribution is -2.22. The molecule has 6 heteroatoms. The molecular weight excluding hydrogens is 360 g/mol. The van der Waals surface area contributed by atoms with Crippen LogP contribution < -0.4 is 0 Å². The molecule has 3 unspecified atom stereocenters. The van der Waals surface area contributed by atoms with Gasteiger partial charge in [0, 0.05) is 13.0 Å². The lowest BCUT2D eigenvalue weighted by Gasteiger charge is -2.19. The van der Waals surface area contributed by atoms with E-state index in [0.717, 1.165) is 32.3 Å². The van der Waals surface area contributed by atoms with Crippen LogP contribution in [-0.4, -0.2) is 54.5 Å². The van der Waals surface area contributed by atoms with Gasteiger partial charge in [0.25, 0.3) is 0 Å². The van der Waals surface area contributed by atoms with Gasteiger partial charge < -0.3 is 24.4 Å². The van der Waals surface area contributed by atoms with Gasteiger partial charge >= 0.3 is 5.97 Å². The van der Waals surface area contributed by atoms with E-state index in [9.17, 15) is 9.90 Å². The van der Waals surface area contributed by atoms with E-state index in [4.69, 9.17) is 19.3 Å². The molecule has 2 N–H and O–H groups in total. The lowest BCUT2D eigenvalue weighted by atomic mass is 9.90. The number of esters is 1. The van der Waals surface area contributed by atoms with Crippen LogP contribution in [0.5, 0.6) is 0 Å². The molecule has 0 saturated heterocycles. The molecule has 0 fully saturated rings. The minimum absolute atomic E-state index is 0.0711. The van der Waals surface area contributed by atoms with Gasteiger partial charge in [0.15, 0.2) is 0 Å². The summed E-state index contributed by atoms with van der Waals surface area (Å²) in [7, 11) is 0. The van der Waals surface area contributed by atoms with E-state index in [1.54, 1.807) is 13.8 Å². The molecule has 0 aliphatic carbocycles. The zero-order chi connectivity index (χ0) is 22.2. The topological polar surface area (TPSA) is 85.2 Å². The average Bonchev–Trinajstić information content (AvgIpc) is 2.59.